The Morgan fingerprint density at radius 3 is 2.44 bits per heavy atom. The van der Waals surface area contributed by atoms with Crippen molar-refractivity contribution < 1.29 is 21.9 Å². The van der Waals surface area contributed by atoms with Gasteiger partial charge in [-0.1, -0.05) is 11.6 Å². The highest BCUT2D eigenvalue weighted by atomic mass is 35.7. The van der Waals surface area contributed by atoms with Crippen LogP contribution in [0.1, 0.15) is 12.0 Å². The Labute approximate surface area is 99.6 Å². The van der Waals surface area contributed by atoms with E-state index in [1.165, 1.54) is 0 Å². The summed E-state index contributed by atoms with van der Waals surface area (Å²) in [5.41, 5.74) is -0.679. The molecule has 1 heterocycles. The number of alkyl halides is 2. The summed E-state index contributed by atoms with van der Waals surface area (Å²) in [6.45, 7) is 0. The Kier molecular flexibility index (Phi) is 3.92. The molecule has 0 fully saturated rings. The molecule has 0 bridgehead atoms. The van der Waals surface area contributed by atoms with Gasteiger partial charge in [-0.3, -0.25) is 0 Å². The van der Waals surface area contributed by atoms with Crippen molar-refractivity contribution in [2.24, 2.45) is 0 Å². The second kappa shape index (κ2) is 4.68. The third-order valence-corrected chi connectivity index (χ3v) is 2.98. The van der Waals surface area contributed by atoms with Gasteiger partial charge in [-0.05, 0) is 6.07 Å². The van der Waals surface area contributed by atoms with Crippen LogP contribution in [0.3, 0.4) is 0 Å². The van der Waals surface area contributed by atoms with Gasteiger partial charge in [0.2, 0.25) is 5.03 Å². The molecule has 0 aliphatic carbocycles. The first-order valence-corrected chi connectivity index (χ1v) is 6.43. The Morgan fingerprint density at radius 2 is 2.06 bits per heavy atom. The third-order valence-electron chi connectivity index (χ3n) is 1.61. The minimum Gasteiger partial charge on any atom is -0.493 e. The standard InChI is InChI=1S/C7H5Cl2F2NO3S/c1-15-5-3(6(10)11)2-4(8)12-7(5)16(9,13)14/h2,6H,1H3. The van der Waals surface area contributed by atoms with Crippen LogP contribution in [-0.4, -0.2) is 20.5 Å². The molecule has 4 nitrogen and oxygen atoms in total. The van der Waals surface area contributed by atoms with Gasteiger partial charge in [0.25, 0.3) is 15.5 Å². The topological polar surface area (TPSA) is 56.3 Å². The molecule has 0 radical (unpaired) electrons. The maximum Gasteiger partial charge on any atom is 0.282 e. The molecule has 0 unspecified atom stereocenters. The molecule has 0 aliphatic heterocycles. The van der Waals surface area contributed by atoms with Crippen molar-refractivity contribution in [3.63, 3.8) is 0 Å². The number of methoxy groups -OCH3 is 1. The zero-order valence-corrected chi connectivity index (χ0v) is 10.1. The highest BCUT2D eigenvalue weighted by Gasteiger charge is 2.26. The molecule has 0 atom stereocenters. The van der Waals surface area contributed by atoms with Crippen molar-refractivity contribution in [3.8, 4) is 5.75 Å². The largest absolute Gasteiger partial charge is 0.493 e. The molecule has 0 saturated heterocycles. The Balaban J connectivity index is 3.62. The number of pyridine rings is 1. The van der Waals surface area contributed by atoms with E-state index in [0.717, 1.165) is 13.2 Å². The zero-order valence-electron chi connectivity index (χ0n) is 7.75. The van der Waals surface area contributed by atoms with Crippen LogP contribution in [0, 0.1) is 0 Å². The molecule has 0 aromatic carbocycles. The summed E-state index contributed by atoms with van der Waals surface area (Å²) in [6.07, 6.45) is -2.95. The number of rotatable bonds is 3. The van der Waals surface area contributed by atoms with Crippen molar-refractivity contribution in [1.82, 2.24) is 4.98 Å². The van der Waals surface area contributed by atoms with Gasteiger partial charge >= 0.3 is 0 Å². The minimum absolute atomic E-state index is 0.407. The fraction of sp³-hybridized carbons (Fsp3) is 0.286. The Hall–Kier alpha value is -0.660. The lowest BCUT2D eigenvalue weighted by molar-refractivity contribution is 0.146. The number of nitrogens with zero attached hydrogens (tertiary/aromatic N) is 1. The SMILES string of the molecule is COc1c(C(F)F)cc(Cl)nc1S(=O)(=O)Cl. The lowest BCUT2D eigenvalue weighted by Gasteiger charge is -2.10. The average molecular weight is 292 g/mol. The van der Waals surface area contributed by atoms with E-state index >= 15 is 0 Å². The maximum atomic E-state index is 12.6. The van der Waals surface area contributed by atoms with Crippen LogP contribution in [0.25, 0.3) is 0 Å². The van der Waals surface area contributed by atoms with Crippen molar-refractivity contribution in [3.05, 3.63) is 16.8 Å². The zero-order chi connectivity index (χ0) is 12.5. The second-order valence-corrected chi connectivity index (χ2v) is 5.48. The van der Waals surface area contributed by atoms with Crippen LogP contribution in [-0.2, 0) is 9.05 Å². The van der Waals surface area contributed by atoms with Gasteiger partial charge in [-0.15, -0.1) is 0 Å². The molecule has 0 amide bonds. The van der Waals surface area contributed by atoms with Crippen molar-refractivity contribution in [1.29, 1.82) is 0 Å². The quantitative estimate of drug-likeness (QED) is 0.634. The highest BCUT2D eigenvalue weighted by molar-refractivity contribution is 8.13. The molecule has 1 rings (SSSR count). The Morgan fingerprint density at radius 1 is 1.50 bits per heavy atom. The van der Waals surface area contributed by atoms with E-state index in [-0.39, 0.29) is 0 Å². The van der Waals surface area contributed by atoms with Gasteiger partial charge in [0.15, 0.2) is 5.75 Å². The number of halogens is 4. The van der Waals surface area contributed by atoms with E-state index in [0.29, 0.717) is 0 Å². The van der Waals surface area contributed by atoms with Crippen LogP contribution in [0.4, 0.5) is 8.78 Å². The first-order chi connectivity index (χ1) is 7.27. The van der Waals surface area contributed by atoms with Crippen molar-refractivity contribution >= 4 is 31.3 Å². The first kappa shape index (κ1) is 13.4. The van der Waals surface area contributed by atoms with E-state index in [9.17, 15) is 17.2 Å². The van der Waals surface area contributed by atoms with Crippen LogP contribution >= 0.6 is 22.3 Å². The summed E-state index contributed by atoms with van der Waals surface area (Å²) in [7, 11) is 1.74. The highest BCUT2D eigenvalue weighted by Crippen LogP contribution is 2.36. The molecule has 0 N–H and O–H groups in total. The smallest absolute Gasteiger partial charge is 0.282 e. The predicted molar refractivity (Wildman–Crippen MR) is 53.8 cm³/mol. The molecule has 0 saturated carbocycles. The van der Waals surface area contributed by atoms with E-state index in [4.69, 9.17) is 22.3 Å². The van der Waals surface area contributed by atoms with E-state index in [2.05, 4.69) is 9.72 Å². The normalized spacial score (nSPS) is 11.9. The molecule has 9 heteroatoms. The fourth-order valence-corrected chi connectivity index (χ4v) is 2.23. The first-order valence-electron chi connectivity index (χ1n) is 3.74. The molecular weight excluding hydrogens is 287 g/mol. The summed E-state index contributed by atoms with van der Waals surface area (Å²) in [5, 5.41) is -1.23. The van der Waals surface area contributed by atoms with Gasteiger partial charge < -0.3 is 4.74 Å². The molecule has 1 aromatic rings. The molecule has 90 valence electrons. The number of aromatic nitrogens is 1. The molecule has 0 spiro atoms. The van der Waals surface area contributed by atoms with Crippen LogP contribution in [0.2, 0.25) is 5.15 Å². The van der Waals surface area contributed by atoms with E-state index in [1.807, 2.05) is 0 Å². The lowest BCUT2D eigenvalue weighted by Crippen LogP contribution is -2.04. The van der Waals surface area contributed by atoms with Gasteiger partial charge in [-0.25, -0.2) is 22.2 Å². The fourth-order valence-electron chi connectivity index (χ4n) is 1.03. The van der Waals surface area contributed by atoms with E-state index in [1.54, 1.807) is 0 Å². The minimum atomic E-state index is -4.31. The molecule has 16 heavy (non-hydrogen) atoms. The predicted octanol–water partition coefficient (Wildman–Crippen LogP) is 2.61. The monoisotopic (exact) mass is 291 g/mol. The number of ether oxygens (including phenoxy) is 1. The number of hydrogen-bond acceptors (Lipinski definition) is 4. The second-order valence-electron chi connectivity index (χ2n) is 2.61. The van der Waals surface area contributed by atoms with Crippen LogP contribution in [0.5, 0.6) is 5.75 Å². The molecule has 1 aromatic heterocycles. The van der Waals surface area contributed by atoms with Crippen molar-refractivity contribution in [2.45, 2.75) is 11.5 Å². The summed E-state index contributed by atoms with van der Waals surface area (Å²) in [6, 6.07) is 0.816. The van der Waals surface area contributed by atoms with Crippen LogP contribution in [0.15, 0.2) is 11.1 Å². The third kappa shape index (κ3) is 2.72. The van der Waals surface area contributed by atoms with Crippen LogP contribution < -0.4 is 4.74 Å². The van der Waals surface area contributed by atoms with Gasteiger partial charge in [0.1, 0.15) is 5.15 Å². The summed E-state index contributed by atoms with van der Waals surface area (Å²) in [5.74, 6) is -0.602. The lowest BCUT2D eigenvalue weighted by atomic mass is 10.2. The van der Waals surface area contributed by atoms with Gasteiger partial charge in [0, 0.05) is 10.7 Å². The average Bonchev–Trinajstić information content (AvgIpc) is 2.14. The maximum absolute atomic E-state index is 12.6. The number of hydrogen-bond donors (Lipinski definition) is 0. The van der Waals surface area contributed by atoms with Gasteiger partial charge in [0.05, 0.1) is 12.7 Å². The molecular formula is C7H5Cl2F2NO3S. The van der Waals surface area contributed by atoms with Crippen molar-refractivity contribution in [2.75, 3.05) is 7.11 Å². The molecule has 0 aliphatic rings. The summed E-state index contributed by atoms with van der Waals surface area (Å²) < 4.78 is 51.8. The Bertz CT molecular complexity index is 507. The summed E-state index contributed by atoms with van der Waals surface area (Å²) in [4.78, 5) is 3.35. The summed E-state index contributed by atoms with van der Waals surface area (Å²) >= 11 is 5.41. The van der Waals surface area contributed by atoms with E-state index < -0.39 is 37.0 Å². The van der Waals surface area contributed by atoms with Gasteiger partial charge in [-0.2, -0.15) is 0 Å².